The topological polar surface area (TPSA) is 95.7 Å². The minimum atomic E-state index is -0.559. The highest BCUT2D eigenvalue weighted by molar-refractivity contribution is 5.90. The molecule has 2 heterocycles. The summed E-state index contributed by atoms with van der Waals surface area (Å²) >= 11 is 0. The Labute approximate surface area is 219 Å². The van der Waals surface area contributed by atoms with Gasteiger partial charge in [-0.1, -0.05) is 24.3 Å². The normalized spacial score (nSPS) is 15.1. The molecule has 3 N–H and O–H groups in total. The van der Waals surface area contributed by atoms with Crippen LogP contribution in [0.1, 0.15) is 18.1 Å². The Morgan fingerprint density at radius 2 is 1.95 bits per heavy atom. The number of fused-ring (bicyclic) bond motifs is 1. The van der Waals surface area contributed by atoms with Crippen molar-refractivity contribution in [2.24, 2.45) is 0 Å². The first-order valence-corrected chi connectivity index (χ1v) is 12.4. The Balaban J connectivity index is 1.20. The highest BCUT2D eigenvalue weighted by Crippen LogP contribution is 2.29. The summed E-state index contributed by atoms with van der Waals surface area (Å²) in [6.45, 7) is 3.21. The van der Waals surface area contributed by atoms with E-state index in [4.69, 9.17) is 9.47 Å². The number of halogens is 1. The Hall–Kier alpha value is -4.37. The highest BCUT2D eigenvalue weighted by atomic mass is 19.1. The molecule has 3 aromatic carbocycles. The van der Waals surface area contributed by atoms with Crippen LogP contribution in [0.4, 0.5) is 14.9 Å². The van der Waals surface area contributed by atoms with E-state index in [1.54, 1.807) is 19.2 Å². The number of nitrogens with one attached hydrogen (secondary N) is 3. The number of amides is 2. The molecule has 1 aliphatic rings. The summed E-state index contributed by atoms with van der Waals surface area (Å²) in [5.74, 6) is 0.189. The molecular weight excluding hydrogens is 487 g/mol. The van der Waals surface area contributed by atoms with Crippen LogP contribution in [0.15, 0.2) is 66.9 Å². The number of aromatic amines is 1. The molecule has 1 fully saturated rings. The number of ether oxygens (including phenoxy) is 2. The number of nitrogens with zero attached hydrogens (tertiary/aromatic N) is 1. The second kappa shape index (κ2) is 10.9. The average Bonchev–Trinajstić information content (AvgIpc) is 3.50. The lowest BCUT2D eigenvalue weighted by Crippen LogP contribution is -2.33. The predicted octanol–water partition coefficient (Wildman–Crippen LogP) is 4.73. The highest BCUT2D eigenvalue weighted by Gasteiger charge is 2.32. The van der Waals surface area contributed by atoms with E-state index in [0.717, 1.165) is 33.3 Å². The van der Waals surface area contributed by atoms with Crippen LogP contribution in [0, 0.1) is 5.82 Å². The molecule has 38 heavy (non-hydrogen) atoms. The lowest BCUT2D eigenvalue weighted by Gasteiger charge is -2.15. The average molecular weight is 517 g/mol. The molecule has 5 rings (SSSR count). The van der Waals surface area contributed by atoms with E-state index >= 15 is 4.39 Å². The van der Waals surface area contributed by atoms with Crippen molar-refractivity contribution in [2.45, 2.75) is 26.1 Å². The van der Waals surface area contributed by atoms with Crippen molar-refractivity contribution in [3.63, 3.8) is 0 Å². The van der Waals surface area contributed by atoms with Gasteiger partial charge in [0.1, 0.15) is 17.7 Å². The summed E-state index contributed by atoms with van der Waals surface area (Å²) in [7, 11) is 1.66. The lowest BCUT2D eigenvalue weighted by molar-refractivity contribution is -0.119. The van der Waals surface area contributed by atoms with Gasteiger partial charge in [-0.05, 0) is 53.1 Å². The van der Waals surface area contributed by atoms with Gasteiger partial charge >= 0.3 is 6.09 Å². The monoisotopic (exact) mass is 516 g/mol. The number of hydrogen-bond donors (Lipinski definition) is 3. The first-order valence-electron chi connectivity index (χ1n) is 12.4. The number of cyclic esters (lactones) is 1. The van der Waals surface area contributed by atoms with E-state index in [0.29, 0.717) is 24.3 Å². The van der Waals surface area contributed by atoms with Crippen molar-refractivity contribution in [3.8, 4) is 16.9 Å². The SMILES string of the molecule is COc1ccc2[nH]cc(CNCc3ccc(-c4ccc(N5C[C@H](CNC(C)=O)OC5=O)cc4F)cc3)c2c1. The number of rotatable bonds is 9. The van der Waals surface area contributed by atoms with Crippen molar-refractivity contribution < 1.29 is 23.5 Å². The first-order chi connectivity index (χ1) is 18.4. The van der Waals surface area contributed by atoms with Crippen LogP contribution in [0.2, 0.25) is 0 Å². The van der Waals surface area contributed by atoms with Gasteiger partial charge in [-0.25, -0.2) is 9.18 Å². The number of H-pyrrole nitrogens is 1. The van der Waals surface area contributed by atoms with Gasteiger partial charge in [0.05, 0.1) is 25.9 Å². The van der Waals surface area contributed by atoms with Crippen LogP contribution in [-0.4, -0.2) is 43.3 Å². The smallest absolute Gasteiger partial charge is 0.414 e. The lowest BCUT2D eigenvalue weighted by atomic mass is 10.0. The van der Waals surface area contributed by atoms with Crippen molar-refractivity contribution in [1.82, 2.24) is 15.6 Å². The number of hydrogen-bond acceptors (Lipinski definition) is 5. The van der Waals surface area contributed by atoms with Gasteiger partial charge in [-0.2, -0.15) is 0 Å². The van der Waals surface area contributed by atoms with E-state index in [2.05, 4.69) is 15.6 Å². The van der Waals surface area contributed by atoms with Crippen LogP contribution in [0.5, 0.6) is 5.75 Å². The van der Waals surface area contributed by atoms with Crippen molar-refractivity contribution >= 4 is 28.6 Å². The summed E-state index contributed by atoms with van der Waals surface area (Å²) in [4.78, 5) is 28.0. The maximum absolute atomic E-state index is 15.0. The van der Waals surface area contributed by atoms with Gasteiger partial charge in [0.15, 0.2) is 0 Å². The van der Waals surface area contributed by atoms with E-state index in [1.807, 2.05) is 48.7 Å². The zero-order chi connectivity index (χ0) is 26.6. The van der Waals surface area contributed by atoms with Crippen molar-refractivity contribution in [1.29, 1.82) is 0 Å². The fourth-order valence-corrected chi connectivity index (χ4v) is 4.58. The van der Waals surface area contributed by atoms with Gasteiger partial charge in [0.2, 0.25) is 5.91 Å². The van der Waals surface area contributed by atoms with Crippen LogP contribution in [0.25, 0.3) is 22.0 Å². The number of anilines is 1. The van der Waals surface area contributed by atoms with Gasteiger partial charge in [0.25, 0.3) is 0 Å². The minimum absolute atomic E-state index is 0.202. The van der Waals surface area contributed by atoms with Crippen LogP contribution >= 0.6 is 0 Å². The maximum Gasteiger partial charge on any atom is 0.414 e. The second-order valence-electron chi connectivity index (χ2n) is 9.24. The van der Waals surface area contributed by atoms with E-state index in [1.165, 1.54) is 17.9 Å². The molecule has 9 heteroatoms. The molecule has 2 amide bonds. The molecule has 0 aliphatic carbocycles. The number of methoxy groups -OCH3 is 1. The van der Waals surface area contributed by atoms with Gasteiger partial charge < -0.3 is 25.1 Å². The zero-order valence-electron chi connectivity index (χ0n) is 21.2. The van der Waals surface area contributed by atoms with E-state index in [-0.39, 0.29) is 19.0 Å². The molecule has 196 valence electrons. The molecule has 0 bridgehead atoms. The van der Waals surface area contributed by atoms with Crippen molar-refractivity contribution in [2.75, 3.05) is 25.1 Å². The minimum Gasteiger partial charge on any atom is -0.497 e. The fourth-order valence-electron chi connectivity index (χ4n) is 4.58. The molecule has 0 spiro atoms. The summed E-state index contributed by atoms with van der Waals surface area (Å²) in [5.41, 5.74) is 4.90. The molecule has 4 aromatic rings. The Bertz CT molecular complexity index is 1470. The molecule has 0 unspecified atom stereocenters. The van der Waals surface area contributed by atoms with E-state index in [9.17, 15) is 9.59 Å². The van der Waals surface area contributed by atoms with E-state index < -0.39 is 18.0 Å². The summed E-state index contributed by atoms with van der Waals surface area (Å²) in [6.07, 6.45) is 0.961. The molecule has 1 saturated heterocycles. The Morgan fingerprint density at radius 1 is 1.13 bits per heavy atom. The molecule has 0 radical (unpaired) electrons. The Morgan fingerprint density at radius 3 is 2.68 bits per heavy atom. The maximum atomic E-state index is 15.0. The molecule has 1 aromatic heterocycles. The number of benzene rings is 3. The molecule has 0 saturated carbocycles. The summed E-state index contributed by atoms with van der Waals surface area (Å²) in [5, 5.41) is 7.21. The quantitative estimate of drug-likeness (QED) is 0.299. The number of carbonyl (C=O) groups is 2. The standard InChI is InChI=1S/C29H29FN4O4/c1-18(35)32-16-24-17-34(29(36)38-24)22-7-9-25(27(30)11-22)20-5-3-19(4-6-20)13-31-14-21-15-33-28-10-8-23(37-2)12-26(21)28/h3-12,15,24,31,33H,13-14,16-17H2,1-2H3,(H,32,35)/t24-/m0/s1. The van der Waals surface area contributed by atoms with Crippen LogP contribution in [0.3, 0.4) is 0 Å². The van der Waals surface area contributed by atoms with Crippen LogP contribution < -0.4 is 20.3 Å². The predicted molar refractivity (Wildman–Crippen MR) is 144 cm³/mol. The van der Waals surface area contributed by atoms with Gasteiger partial charge in [0, 0.05) is 42.7 Å². The van der Waals surface area contributed by atoms with Gasteiger partial charge in [-0.3, -0.25) is 9.69 Å². The molecular formula is C29H29FN4O4. The third-order valence-electron chi connectivity index (χ3n) is 6.60. The first kappa shape index (κ1) is 25.3. The molecule has 1 aliphatic heterocycles. The Kier molecular flexibility index (Phi) is 7.28. The second-order valence-corrected chi connectivity index (χ2v) is 9.24. The summed E-state index contributed by atoms with van der Waals surface area (Å²) < 4.78 is 25.7. The van der Waals surface area contributed by atoms with Crippen LogP contribution in [-0.2, 0) is 22.6 Å². The fraction of sp³-hybridized carbons (Fsp3) is 0.241. The zero-order valence-corrected chi connectivity index (χ0v) is 21.2. The molecule has 1 atom stereocenters. The number of carbonyl (C=O) groups excluding carboxylic acids is 2. The number of aromatic nitrogens is 1. The third kappa shape index (κ3) is 5.47. The largest absolute Gasteiger partial charge is 0.497 e. The summed E-state index contributed by atoms with van der Waals surface area (Å²) in [6, 6.07) is 18.4. The third-order valence-corrected chi connectivity index (χ3v) is 6.60. The molecule has 8 nitrogen and oxygen atoms in total. The van der Waals surface area contributed by atoms with Gasteiger partial charge in [-0.15, -0.1) is 0 Å². The van der Waals surface area contributed by atoms with Crippen molar-refractivity contribution in [3.05, 3.63) is 83.8 Å².